The molecule has 0 radical (unpaired) electrons. The molecule has 0 spiro atoms. The molecule has 0 aliphatic carbocycles. The molecule has 168 valence electrons. The average molecular weight is 441 g/mol. The van der Waals surface area contributed by atoms with E-state index in [9.17, 15) is 9.59 Å². The standard InChI is InChI=1S/C28H28N2O3/c1-17(2)20-12-14-22(15-13-20)29-26-25(21-11-10-18(3)19(4)16-21)27(31)30(28(26)32)23-8-6-7-9-24(23)33-5/h6-17,29H,1-5H3. The summed E-state index contributed by atoms with van der Waals surface area (Å²) in [5, 5.41) is 3.23. The van der Waals surface area contributed by atoms with Gasteiger partial charge >= 0.3 is 0 Å². The monoisotopic (exact) mass is 440 g/mol. The fourth-order valence-corrected chi connectivity index (χ4v) is 3.94. The number of imide groups is 1. The maximum Gasteiger partial charge on any atom is 0.282 e. The van der Waals surface area contributed by atoms with E-state index < -0.39 is 5.91 Å². The average Bonchev–Trinajstić information content (AvgIpc) is 3.05. The lowest BCUT2D eigenvalue weighted by atomic mass is 9.99. The van der Waals surface area contributed by atoms with Gasteiger partial charge in [0, 0.05) is 5.69 Å². The first kappa shape index (κ1) is 22.3. The second-order valence-corrected chi connectivity index (χ2v) is 8.57. The van der Waals surface area contributed by atoms with Gasteiger partial charge in [0.2, 0.25) is 0 Å². The minimum atomic E-state index is -0.411. The molecule has 0 bridgehead atoms. The van der Waals surface area contributed by atoms with Gasteiger partial charge in [-0.15, -0.1) is 0 Å². The van der Waals surface area contributed by atoms with Crippen molar-refractivity contribution in [2.75, 3.05) is 17.3 Å². The lowest BCUT2D eigenvalue weighted by Gasteiger charge is -2.18. The quantitative estimate of drug-likeness (QED) is 0.490. The highest BCUT2D eigenvalue weighted by molar-refractivity contribution is 6.46. The van der Waals surface area contributed by atoms with Gasteiger partial charge in [-0.2, -0.15) is 0 Å². The van der Waals surface area contributed by atoms with Crippen molar-refractivity contribution in [3.8, 4) is 5.75 Å². The number of benzene rings is 3. The zero-order valence-electron chi connectivity index (χ0n) is 19.6. The summed E-state index contributed by atoms with van der Waals surface area (Å²) < 4.78 is 5.43. The van der Waals surface area contributed by atoms with Gasteiger partial charge in [-0.25, -0.2) is 4.90 Å². The van der Waals surface area contributed by atoms with E-state index in [0.29, 0.717) is 28.5 Å². The fraction of sp³-hybridized carbons (Fsp3) is 0.214. The van der Waals surface area contributed by atoms with Crippen LogP contribution in [0.4, 0.5) is 11.4 Å². The van der Waals surface area contributed by atoms with Gasteiger partial charge in [-0.05, 0) is 66.3 Å². The number of anilines is 2. The van der Waals surface area contributed by atoms with E-state index in [1.165, 1.54) is 17.6 Å². The Hall–Kier alpha value is -3.86. The highest BCUT2D eigenvalue weighted by Crippen LogP contribution is 2.38. The number of nitrogens with zero attached hydrogens (tertiary/aromatic N) is 1. The molecule has 1 heterocycles. The lowest BCUT2D eigenvalue weighted by Crippen LogP contribution is -2.32. The smallest absolute Gasteiger partial charge is 0.282 e. The third kappa shape index (κ3) is 4.14. The van der Waals surface area contributed by atoms with Crippen LogP contribution in [0.1, 0.15) is 42.0 Å². The first-order valence-corrected chi connectivity index (χ1v) is 11.0. The molecule has 0 atom stereocenters. The van der Waals surface area contributed by atoms with Crippen LogP contribution in [0, 0.1) is 13.8 Å². The summed E-state index contributed by atoms with van der Waals surface area (Å²) in [6, 6.07) is 20.8. The van der Waals surface area contributed by atoms with Gasteiger partial charge in [0.1, 0.15) is 11.4 Å². The van der Waals surface area contributed by atoms with Crippen LogP contribution in [0.3, 0.4) is 0 Å². The molecular weight excluding hydrogens is 412 g/mol. The summed E-state index contributed by atoms with van der Waals surface area (Å²) in [6.45, 7) is 8.28. The molecular formula is C28H28N2O3. The Bertz CT molecular complexity index is 1260. The summed E-state index contributed by atoms with van der Waals surface area (Å²) in [7, 11) is 1.52. The van der Waals surface area contributed by atoms with Crippen LogP contribution in [0.15, 0.2) is 72.4 Å². The van der Waals surface area contributed by atoms with E-state index in [-0.39, 0.29) is 11.6 Å². The van der Waals surface area contributed by atoms with Crippen LogP contribution in [0.5, 0.6) is 5.75 Å². The Kier molecular flexibility index (Phi) is 6.05. The number of nitrogens with one attached hydrogen (secondary N) is 1. The lowest BCUT2D eigenvalue weighted by molar-refractivity contribution is -0.120. The molecule has 2 amide bonds. The molecule has 0 unspecified atom stereocenters. The molecule has 5 nitrogen and oxygen atoms in total. The van der Waals surface area contributed by atoms with Gasteiger partial charge in [0.05, 0.1) is 18.4 Å². The SMILES string of the molecule is COc1ccccc1N1C(=O)C(Nc2ccc(C(C)C)cc2)=C(c2ccc(C)c(C)c2)C1=O. The van der Waals surface area contributed by atoms with Crippen LogP contribution in [-0.2, 0) is 9.59 Å². The minimum Gasteiger partial charge on any atom is -0.495 e. The zero-order valence-corrected chi connectivity index (χ0v) is 19.6. The Balaban J connectivity index is 1.83. The number of aryl methyl sites for hydroxylation is 2. The molecule has 5 heteroatoms. The maximum atomic E-state index is 13.7. The minimum absolute atomic E-state index is 0.256. The van der Waals surface area contributed by atoms with Crippen molar-refractivity contribution in [2.45, 2.75) is 33.6 Å². The third-order valence-corrected chi connectivity index (χ3v) is 6.05. The molecule has 3 aromatic carbocycles. The predicted octanol–water partition coefficient (Wildman–Crippen LogP) is 5.83. The van der Waals surface area contributed by atoms with Crippen LogP contribution in [0.25, 0.3) is 5.57 Å². The summed E-state index contributed by atoms with van der Waals surface area (Å²) >= 11 is 0. The number of ether oxygens (including phenoxy) is 1. The van der Waals surface area contributed by atoms with E-state index in [0.717, 1.165) is 16.8 Å². The van der Waals surface area contributed by atoms with E-state index in [1.54, 1.807) is 24.3 Å². The van der Waals surface area contributed by atoms with Gasteiger partial charge in [0.15, 0.2) is 0 Å². The Morgan fingerprint density at radius 1 is 0.848 bits per heavy atom. The van der Waals surface area contributed by atoms with Gasteiger partial charge in [-0.3, -0.25) is 9.59 Å². The van der Waals surface area contributed by atoms with Crippen molar-refractivity contribution >= 4 is 28.8 Å². The first-order chi connectivity index (χ1) is 15.8. The number of hydrogen-bond acceptors (Lipinski definition) is 4. The molecule has 0 aromatic heterocycles. The van der Waals surface area contributed by atoms with E-state index in [1.807, 2.05) is 56.3 Å². The highest BCUT2D eigenvalue weighted by atomic mass is 16.5. The Labute approximate surface area is 194 Å². The molecule has 33 heavy (non-hydrogen) atoms. The number of hydrogen-bond donors (Lipinski definition) is 1. The molecule has 0 saturated carbocycles. The number of carbonyl (C=O) groups excluding carboxylic acids is 2. The van der Waals surface area contributed by atoms with Crippen LogP contribution in [-0.4, -0.2) is 18.9 Å². The second-order valence-electron chi connectivity index (χ2n) is 8.57. The first-order valence-electron chi connectivity index (χ1n) is 11.0. The molecule has 1 aliphatic heterocycles. The number of carbonyl (C=O) groups is 2. The number of methoxy groups -OCH3 is 1. The Morgan fingerprint density at radius 2 is 1.55 bits per heavy atom. The summed E-state index contributed by atoms with van der Waals surface area (Å²) in [6.07, 6.45) is 0. The summed E-state index contributed by atoms with van der Waals surface area (Å²) in [5.74, 6) is 0.0704. The maximum absolute atomic E-state index is 13.7. The van der Waals surface area contributed by atoms with Gasteiger partial charge in [-0.1, -0.05) is 56.3 Å². The summed E-state index contributed by atoms with van der Waals surface area (Å²) in [4.78, 5) is 28.5. The molecule has 1 aliphatic rings. The largest absolute Gasteiger partial charge is 0.495 e. The zero-order chi connectivity index (χ0) is 23.7. The van der Waals surface area contributed by atoms with Crippen molar-refractivity contribution in [2.24, 2.45) is 0 Å². The topological polar surface area (TPSA) is 58.6 Å². The van der Waals surface area contributed by atoms with Gasteiger partial charge < -0.3 is 10.1 Å². The van der Waals surface area contributed by atoms with E-state index >= 15 is 0 Å². The van der Waals surface area contributed by atoms with Crippen molar-refractivity contribution in [3.63, 3.8) is 0 Å². The van der Waals surface area contributed by atoms with Crippen molar-refractivity contribution in [1.29, 1.82) is 0 Å². The molecule has 1 N–H and O–H groups in total. The van der Waals surface area contributed by atoms with Gasteiger partial charge in [0.25, 0.3) is 11.8 Å². The van der Waals surface area contributed by atoms with Crippen LogP contribution in [0.2, 0.25) is 0 Å². The van der Waals surface area contributed by atoms with Crippen molar-refractivity contribution in [1.82, 2.24) is 0 Å². The second kappa shape index (κ2) is 8.94. The van der Waals surface area contributed by atoms with E-state index in [4.69, 9.17) is 4.74 Å². The van der Waals surface area contributed by atoms with Crippen LogP contribution < -0.4 is 15.0 Å². The molecule has 0 saturated heterocycles. The Morgan fingerprint density at radius 3 is 2.18 bits per heavy atom. The number of para-hydroxylation sites is 2. The van der Waals surface area contributed by atoms with Crippen molar-refractivity contribution in [3.05, 3.63) is 94.7 Å². The molecule has 4 rings (SSSR count). The number of amides is 2. The normalized spacial score (nSPS) is 13.8. The van der Waals surface area contributed by atoms with E-state index in [2.05, 4.69) is 19.2 Å². The molecule has 3 aromatic rings. The highest BCUT2D eigenvalue weighted by Gasteiger charge is 2.41. The number of rotatable bonds is 6. The van der Waals surface area contributed by atoms with Crippen molar-refractivity contribution < 1.29 is 14.3 Å². The van der Waals surface area contributed by atoms with Crippen LogP contribution >= 0.6 is 0 Å². The predicted molar refractivity (Wildman–Crippen MR) is 132 cm³/mol. The fourth-order valence-electron chi connectivity index (χ4n) is 3.94. The molecule has 0 fully saturated rings. The third-order valence-electron chi connectivity index (χ3n) is 6.05. The summed E-state index contributed by atoms with van der Waals surface area (Å²) in [5.41, 5.74) is 5.85.